The van der Waals surface area contributed by atoms with Gasteiger partial charge >= 0.3 is 0 Å². The normalized spacial score (nSPS) is 17.2. The average Bonchev–Trinajstić information content (AvgIpc) is 2.65. The van der Waals surface area contributed by atoms with Crippen LogP contribution in [0.4, 0.5) is 0 Å². The highest BCUT2D eigenvalue weighted by Crippen LogP contribution is 2.11. The predicted molar refractivity (Wildman–Crippen MR) is 99.0 cm³/mol. The van der Waals surface area contributed by atoms with Gasteiger partial charge in [0.05, 0.1) is 12.6 Å². The highest BCUT2D eigenvalue weighted by Gasteiger charge is 2.19. The molecule has 2 heterocycles. The first-order valence-electron chi connectivity index (χ1n) is 8.88. The Morgan fingerprint density at radius 2 is 1.68 bits per heavy atom. The summed E-state index contributed by atoms with van der Waals surface area (Å²) in [6.07, 6.45) is 3.51. The molecule has 0 radical (unpaired) electrons. The van der Waals surface area contributed by atoms with E-state index >= 15 is 0 Å². The predicted octanol–water partition coefficient (Wildman–Crippen LogP) is 2.08. The molecular formula is C20H26N4O. The standard InChI is InChI=1S/C20H26N4O/c1-17(19-7-9-21-10-8-19)22-20(25)16-24-13-11-23(12-14-24)15-18-5-3-2-4-6-18/h2-10,17H,11-16H2,1H3,(H,22,25). The van der Waals surface area contributed by atoms with Crippen LogP contribution in [0, 0.1) is 0 Å². The molecule has 5 heteroatoms. The second-order valence-electron chi connectivity index (χ2n) is 6.61. The zero-order valence-corrected chi connectivity index (χ0v) is 14.8. The maximum Gasteiger partial charge on any atom is 0.234 e. The van der Waals surface area contributed by atoms with Crippen LogP contribution in [-0.4, -0.2) is 53.4 Å². The number of piperazine rings is 1. The van der Waals surface area contributed by atoms with Crippen molar-refractivity contribution in [3.05, 3.63) is 66.0 Å². The van der Waals surface area contributed by atoms with Crippen LogP contribution in [0.5, 0.6) is 0 Å². The van der Waals surface area contributed by atoms with Crippen LogP contribution >= 0.6 is 0 Å². The van der Waals surface area contributed by atoms with Crippen molar-refractivity contribution in [3.8, 4) is 0 Å². The van der Waals surface area contributed by atoms with Crippen LogP contribution < -0.4 is 5.32 Å². The SMILES string of the molecule is CC(NC(=O)CN1CCN(Cc2ccccc2)CC1)c1ccncc1. The zero-order valence-electron chi connectivity index (χ0n) is 14.8. The molecule has 1 aromatic carbocycles. The van der Waals surface area contributed by atoms with Gasteiger partial charge in [0, 0.05) is 45.1 Å². The maximum atomic E-state index is 12.3. The summed E-state index contributed by atoms with van der Waals surface area (Å²) in [5.74, 6) is 0.0841. The summed E-state index contributed by atoms with van der Waals surface area (Å²) in [7, 11) is 0. The lowest BCUT2D eigenvalue weighted by atomic mass is 10.1. The Bertz CT molecular complexity index is 654. The third kappa shape index (κ3) is 5.37. The molecule has 3 rings (SSSR count). The van der Waals surface area contributed by atoms with Gasteiger partial charge in [0.25, 0.3) is 0 Å². The first-order valence-corrected chi connectivity index (χ1v) is 8.88. The van der Waals surface area contributed by atoms with Gasteiger partial charge in [0.1, 0.15) is 0 Å². The van der Waals surface area contributed by atoms with Crippen molar-refractivity contribution >= 4 is 5.91 Å². The molecule has 5 nitrogen and oxygen atoms in total. The Morgan fingerprint density at radius 1 is 1.04 bits per heavy atom. The molecule has 0 spiro atoms. The van der Waals surface area contributed by atoms with Gasteiger partial charge in [-0.25, -0.2) is 0 Å². The number of hydrogen-bond donors (Lipinski definition) is 1. The molecular weight excluding hydrogens is 312 g/mol. The minimum atomic E-state index is 0.00914. The molecule has 25 heavy (non-hydrogen) atoms. The first-order chi connectivity index (χ1) is 12.2. The molecule has 1 N–H and O–H groups in total. The van der Waals surface area contributed by atoms with E-state index in [0.29, 0.717) is 6.54 Å². The van der Waals surface area contributed by atoms with E-state index in [4.69, 9.17) is 0 Å². The van der Waals surface area contributed by atoms with Crippen molar-refractivity contribution in [2.45, 2.75) is 19.5 Å². The van der Waals surface area contributed by atoms with Gasteiger partial charge in [0.15, 0.2) is 0 Å². The largest absolute Gasteiger partial charge is 0.348 e. The van der Waals surface area contributed by atoms with Crippen molar-refractivity contribution in [3.63, 3.8) is 0 Å². The Kier molecular flexibility index (Phi) is 6.14. The lowest BCUT2D eigenvalue weighted by Gasteiger charge is -2.34. The molecule has 1 atom stereocenters. The number of rotatable bonds is 6. The third-order valence-electron chi connectivity index (χ3n) is 4.66. The lowest BCUT2D eigenvalue weighted by molar-refractivity contribution is -0.123. The van der Waals surface area contributed by atoms with E-state index in [2.05, 4.69) is 44.4 Å². The van der Waals surface area contributed by atoms with Crippen molar-refractivity contribution in [2.24, 2.45) is 0 Å². The van der Waals surface area contributed by atoms with Crippen molar-refractivity contribution in [1.29, 1.82) is 0 Å². The summed E-state index contributed by atoms with van der Waals surface area (Å²) in [5.41, 5.74) is 2.43. The fourth-order valence-electron chi connectivity index (χ4n) is 3.17. The molecule has 1 aromatic heterocycles. The Balaban J connectivity index is 1.40. The summed E-state index contributed by atoms with van der Waals surface area (Å²) < 4.78 is 0. The number of carbonyl (C=O) groups excluding carboxylic acids is 1. The van der Waals surface area contributed by atoms with Gasteiger partial charge in [-0.1, -0.05) is 30.3 Å². The summed E-state index contributed by atoms with van der Waals surface area (Å²) in [4.78, 5) is 21.0. The zero-order chi connectivity index (χ0) is 17.5. The second-order valence-corrected chi connectivity index (χ2v) is 6.61. The highest BCUT2D eigenvalue weighted by atomic mass is 16.2. The molecule has 1 aliphatic heterocycles. The van der Waals surface area contributed by atoms with Gasteiger partial charge < -0.3 is 5.32 Å². The van der Waals surface area contributed by atoms with Crippen LogP contribution in [0.25, 0.3) is 0 Å². The molecule has 0 bridgehead atoms. The number of hydrogen-bond acceptors (Lipinski definition) is 4. The number of benzene rings is 1. The summed E-state index contributed by atoms with van der Waals surface area (Å²) in [6.45, 7) is 7.33. The number of aromatic nitrogens is 1. The number of amides is 1. The van der Waals surface area contributed by atoms with Gasteiger partial charge in [-0.15, -0.1) is 0 Å². The van der Waals surface area contributed by atoms with E-state index in [0.717, 1.165) is 38.3 Å². The second kappa shape index (κ2) is 8.74. The molecule has 1 amide bonds. The average molecular weight is 338 g/mol. The van der Waals surface area contributed by atoms with Crippen LogP contribution in [-0.2, 0) is 11.3 Å². The summed E-state index contributed by atoms with van der Waals surface area (Å²) >= 11 is 0. The smallest absolute Gasteiger partial charge is 0.234 e. The topological polar surface area (TPSA) is 48.5 Å². The molecule has 132 valence electrons. The quantitative estimate of drug-likeness (QED) is 0.876. The molecule has 1 unspecified atom stereocenters. The van der Waals surface area contributed by atoms with E-state index < -0.39 is 0 Å². The number of pyridine rings is 1. The van der Waals surface area contributed by atoms with Gasteiger partial charge in [-0.05, 0) is 30.2 Å². The molecule has 1 saturated heterocycles. The molecule has 2 aromatic rings. The summed E-state index contributed by atoms with van der Waals surface area (Å²) in [5, 5.41) is 3.07. The Morgan fingerprint density at radius 3 is 2.36 bits per heavy atom. The van der Waals surface area contributed by atoms with Gasteiger partial charge in [-0.2, -0.15) is 0 Å². The van der Waals surface area contributed by atoms with Gasteiger partial charge in [-0.3, -0.25) is 19.6 Å². The maximum absolute atomic E-state index is 12.3. The Labute approximate surface area is 149 Å². The molecule has 0 saturated carbocycles. The number of nitrogens with one attached hydrogen (secondary N) is 1. The van der Waals surface area contributed by atoms with E-state index in [-0.39, 0.29) is 11.9 Å². The minimum Gasteiger partial charge on any atom is -0.348 e. The monoisotopic (exact) mass is 338 g/mol. The molecule has 0 aliphatic carbocycles. The lowest BCUT2D eigenvalue weighted by Crippen LogP contribution is -2.49. The third-order valence-corrected chi connectivity index (χ3v) is 4.66. The number of nitrogens with zero attached hydrogens (tertiary/aromatic N) is 3. The highest BCUT2D eigenvalue weighted by molar-refractivity contribution is 5.78. The first kappa shape index (κ1) is 17.6. The molecule has 1 aliphatic rings. The van der Waals surface area contributed by atoms with Crippen LogP contribution in [0.1, 0.15) is 24.1 Å². The van der Waals surface area contributed by atoms with Gasteiger partial charge in [0.2, 0.25) is 5.91 Å². The minimum absolute atomic E-state index is 0.00914. The van der Waals surface area contributed by atoms with Crippen molar-refractivity contribution < 1.29 is 4.79 Å². The van der Waals surface area contributed by atoms with E-state index in [1.807, 2.05) is 25.1 Å². The van der Waals surface area contributed by atoms with Crippen molar-refractivity contribution in [2.75, 3.05) is 32.7 Å². The van der Waals surface area contributed by atoms with Crippen LogP contribution in [0.15, 0.2) is 54.9 Å². The Hall–Kier alpha value is -2.24. The van der Waals surface area contributed by atoms with E-state index in [9.17, 15) is 4.79 Å². The molecule has 1 fully saturated rings. The summed E-state index contributed by atoms with van der Waals surface area (Å²) in [6, 6.07) is 14.4. The number of carbonyl (C=O) groups is 1. The van der Waals surface area contributed by atoms with Crippen LogP contribution in [0.3, 0.4) is 0 Å². The fraction of sp³-hybridized carbons (Fsp3) is 0.400. The van der Waals surface area contributed by atoms with E-state index in [1.54, 1.807) is 12.4 Å². The fourth-order valence-corrected chi connectivity index (χ4v) is 3.17. The van der Waals surface area contributed by atoms with Crippen molar-refractivity contribution in [1.82, 2.24) is 20.1 Å². The van der Waals surface area contributed by atoms with Crippen LogP contribution in [0.2, 0.25) is 0 Å². The van der Waals surface area contributed by atoms with E-state index in [1.165, 1.54) is 5.56 Å².